The Morgan fingerprint density at radius 3 is 2.76 bits per heavy atom. The number of nitrogen functional groups attached to an aromatic ring is 1. The lowest BCUT2D eigenvalue weighted by atomic mass is 10.2. The van der Waals surface area contributed by atoms with Gasteiger partial charge in [-0.15, -0.1) is 0 Å². The van der Waals surface area contributed by atoms with E-state index in [1.807, 2.05) is 0 Å². The predicted molar refractivity (Wildman–Crippen MR) is 72.8 cm³/mol. The second-order valence-electron chi connectivity index (χ2n) is 4.47. The zero-order valence-electron chi connectivity index (χ0n) is 9.92. The molecule has 0 saturated carbocycles. The molecule has 94 valence electrons. The summed E-state index contributed by atoms with van der Waals surface area (Å²) in [6.07, 6.45) is 1.10. The number of benzene rings is 1. The molecule has 2 N–H and O–H groups in total. The molecule has 0 amide bonds. The molecular weight excluding hydrogens is 285 g/mol. The Labute approximate surface area is 110 Å². The third kappa shape index (κ3) is 2.90. The maximum absolute atomic E-state index is 13.3. The molecule has 5 heteroatoms. The SMILES string of the molecule is CN1CCCN(c2cc(Br)c(F)cc2N)CC1. The van der Waals surface area contributed by atoms with Crippen LogP contribution in [0, 0.1) is 5.82 Å². The maximum atomic E-state index is 13.3. The number of halogens is 2. The zero-order valence-corrected chi connectivity index (χ0v) is 11.5. The van der Waals surface area contributed by atoms with E-state index in [0.717, 1.165) is 38.3 Å². The summed E-state index contributed by atoms with van der Waals surface area (Å²) >= 11 is 3.21. The van der Waals surface area contributed by atoms with Crippen LogP contribution in [0.25, 0.3) is 0 Å². The van der Waals surface area contributed by atoms with E-state index in [-0.39, 0.29) is 5.82 Å². The first-order valence-electron chi connectivity index (χ1n) is 5.76. The number of likely N-dealkylation sites (N-methyl/N-ethyl adjacent to an activating group) is 1. The van der Waals surface area contributed by atoms with E-state index in [2.05, 4.69) is 32.8 Å². The number of nitrogens with two attached hydrogens (primary N) is 1. The van der Waals surface area contributed by atoms with Crippen LogP contribution in [-0.2, 0) is 0 Å². The first-order valence-corrected chi connectivity index (χ1v) is 6.55. The van der Waals surface area contributed by atoms with Crippen LogP contribution < -0.4 is 10.6 Å². The highest BCUT2D eigenvalue weighted by molar-refractivity contribution is 9.10. The zero-order chi connectivity index (χ0) is 12.4. The number of nitrogens with zero attached hydrogens (tertiary/aromatic N) is 2. The van der Waals surface area contributed by atoms with Gasteiger partial charge in [0.15, 0.2) is 0 Å². The van der Waals surface area contributed by atoms with E-state index in [9.17, 15) is 4.39 Å². The molecule has 1 aliphatic heterocycles. The van der Waals surface area contributed by atoms with E-state index in [4.69, 9.17) is 5.73 Å². The number of anilines is 2. The summed E-state index contributed by atoms with van der Waals surface area (Å²) in [5.74, 6) is -0.307. The van der Waals surface area contributed by atoms with Gasteiger partial charge in [0, 0.05) is 25.7 Å². The van der Waals surface area contributed by atoms with Gasteiger partial charge < -0.3 is 15.5 Å². The van der Waals surface area contributed by atoms with Gasteiger partial charge in [-0.1, -0.05) is 0 Å². The number of hydrogen-bond acceptors (Lipinski definition) is 3. The summed E-state index contributed by atoms with van der Waals surface area (Å²) in [4.78, 5) is 4.53. The molecule has 0 radical (unpaired) electrons. The second kappa shape index (κ2) is 5.23. The van der Waals surface area contributed by atoms with E-state index < -0.39 is 0 Å². The summed E-state index contributed by atoms with van der Waals surface area (Å²) in [6, 6.07) is 3.16. The van der Waals surface area contributed by atoms with Crippen LogP contribution in [0.5, 0.6) is 0 Å². The van der Waals surface area contributed by atoms with Gasteiger partial charge in [-0.25, -0.2) is 4.39 Å². The monoisotopic (exact) mass is 301 g/mol. The smallest absolute Gasteiger partial charge is 0.139 e. The van der Waals surface area contributed by atoms with Crippen LogP contribution in [0.15, 0.2) is 16.6 Å². The molecule has 0 aliphatic carbocycles. The molecular formula is C12H17BrFN3. The summed E-state index contributed by atoms with van der Waals surface area (Å²) in [7, 11) is 2.12. The van der Waals surface area contributed by atoms with Crippen molar-refractivity contribution in [2.24, 2.45) is 0 Å². The number of hydrogen-bond donors (Lipinski definition) is 1. The molecule has 17 heavy (non-hydrogen) atoms. The molecule has 1 aliphatic rings. The Bertz CT molecular complexity index is 411. The normalized spacial score (nSPS) is 18.2. The van der Waals surface area contributed by atoms with Crippen molar-refractivity contribution in [3.8, 4) is 0 Å². The Morgan fingerprint density at radius 2 is 2.00 bits per heavy atom. The van der Waals surface area contributed by atoms with Crippen LogP contribution in [0.2, 0.25) is 0 Å². The minimum atomic E-state index is -0.307. The summed E-state index contributed by atoms with van der Waals surface area (Å²) in [6.45, 7) is 4.00. The fraction of sp³-hybridized carbons (Fsp3) is 0.500. The highest BCUT2D eigenvalue weighted by Crippen LogP contribution is 2.30. The lowest BCUT2D eigenvalue weighted by Gasteiger charge is -2.24. The van der Waals surface area contributed by atoms with Gasteiger partial charge in [-0.2, -0.15) is 0 Å². The van der Waals surface area contributed by atoms with Gasteiger partial charge in [-0.3, -0.25) is 0 Å². The quantitative estimate of drug-likeness (QED) is 0.808. The Balaban J connectivity index is 2.24. The molecule has 2 rings (SSSR count). The minimum Gasteiger partial charge on any atom is -0.397 e. The standard InChI is InChI=1S/C12H17BrFN3/c1-16-3-2-4-17(6-5-16)12-7-9(13)10(14)8-11(12)15/h7-8H,2-6,15H2,1H3. The molecule has 0 aromatic heterocycles. The van der Waals surface area contributed by atoms with Crippen LogP contribution in [0.3, 0.4) is 0 Å². The maximum Gasteiger partial charge on any atom is 0.139 e. The predicted octanol–water partition coefficient (Wildman–Crippen LogP) is 2.31. The van der Waals surface area contributed by atoms with Crippen molar-refractivity contribution in [3.63, 3.8) is 0 Å². The molecule has 0 spiro atoms. The summed E-state index contributed by atoms with van der Waals surface area (Å²) < 4.78 is 13.8. The van der Waals surface area contributed by atoms with Gasteiger partial charge in [0.2, 0.25) is 0 Å². The second-order valence-corrected chi connectivity index (χ2v) is 5.32. The molecule has 0 atom stereocenters. The Morgan fingerprint density at radius 1 is 1.24 bits per heavy atom. The van der Waals surface area contributed by atoms with Crippen LogP contribution >= 0.6 is 15.9 Å². The summed E-state index contributed by atoms with van der Waals surface area (Å²) in [5, 5.41) is 0. The van der Waals surface area contributed by atoms with Crippen molar-refractivity contribution in [2.45, 2.75) is 6.42 Å². The van der Waals surface area contributed by atoms with Crippen LogP contribution in [0.4, 0.5) is 15.8 Å². The first-order chi connectivity index (χ1) is 8.08. The molecule has 1 aromatic carbocycles. The fourth-order valence-corrected chi connectivity index (χ4v) is 2.44. The van der Waals surface area contributed by atoms with Crippen molar-refractivity contribution < 1.29 is 4.39 Å². The number of rotatable bonds is 1. The molecule has 1 fully saturated rings. The highest BCUT2D eigenvalue weighted by atomic mass is 79.9. The van der Waals surface area contributed by atoms with Gasteiger partial charge in [0.25, 0.3) is 0 Å². The lowest BCUT2D eigenvalue weighted by Crippen LogP contribution is -2.29. The molecule has 0 unspecified atom stereocenters. The Hall–Kier alpha value is -0.810. The fourth-order valence-electron chi connectivity index (χ4n) is 2.11. The van der Waals surface area contributed by atoms with Gasteiger partial charge in [0.1, 0.15) is 5.82 Å². The molecule has 0 bridgehead atoms. The molecule has 1 aromatic rings. The van der Waals surface area contributed by atoms with Crippen molar-refractivity contribution in [1.29, 1.82) is 0 Å². The third-order valence-electron chi connectivity index (χ3n) is 3.13. The third-order valence-corrected chi connectivity index (χ3v) is 3.74. The minimum absolute atomic E-state index is 0.307. The highest BCUT2D eigenvalue weighted by Gasteiger charge is 2.16. The van der Waals surface area contributed by atoms with Crippen molar-refractivity contribution in [3.05, 3.63) is 22.4 Å². The van der Waals surface area contributed by atoms with Crippen molar-refractivity contribution in [1.82, 2.24) is 4.90 Å². The van der Waals surface area contributed by atoms with Crippen molar-refractivity contribution in [2.75, 3.05) is 43.9 Å². The topological polar surface area (TPSA) is 32.5 Å². The van der Waals surface area contributed by atoms with Crippen molar-refractivity contribution >= 4 is 27.3 Å². The van der Waals surface area contributed by atoms with Crippen LogP contribution in [0.1, 0.15) is 6.42 Å². The van der Waals surface area contributed by atoms with Gasteiger partial charge in [0.05, 0.1) is 15.8 Å². The van der Waals surface area contributed by atoms with E-state index in [0.29, 0.717) is 10.2 Å². The van der Waals surface area contributed by atoms with Gasteiger partial charge >= 0.3 is 0 Å². The average Bonchev–Trinajstić information content (AvgIpc) is 2.49. The molecule has 1 saturated heterocycles. The van der Waals surface area contributed by atoms with E-state index >= 15 is 0 Å². The van der Waals surface area contributed by atoms with E-state index in [1.165, 1.54) is 6.07 Å². The average molecular weight is 302 g/mol. The van der Waals surface area contributed by atoms with E-state index in [1.54, 1.807) is 6.07 Å². The van der Waals surface area contributed by atoms with Gasteiger partial charge in [-0.05, 0) is 42.0 Å². The lowest BCUT2D eigenvalue weighted by molar-refractivity contribution is 0.360. The summed E-state index contributed by atoms with van der Waals surface area (Å²) in [5.41, 5.74) is 7.32. The Kier molecular flexibility index (Phi) is 3.89. The first kappa shape index (κ1) is 12.6. The molecule has 3 nitrogen and oxygen atoms in total. The van der Waals surface area contributed by atoms with Crippen LogP contribution in [-0.4, -0.2) is 38.1 Å². The largest absolute Gasteiger partial charge is 0.397 e. The molecule has 1 heterocycles.